The highest BCUT2D eigenvalue weighted by molar-refractivity contribution is 5.66. The van der Waals surface area contributed by atoms with E-state index in [1.807, 2.05) is 0 Å². The SMILES string of the molecule is CCCCCCCCCCCC(=O)[NH+](N)[O-]. The monoisotopic (exact) mass is 230 g/mol. The first-order valence-corrected chi connectivity index (χ1v) is 6.51. The molecule has 0 saturated heterocycles. The number of hydrogen-bond donors (Lipinski definition) is 2. The van der Waals surface area contributed by atoms with Crippen molar-refractivity contribution in [1.29, 1.82) is 0 Å². The topological polar surface area (TPSA) is 70.6 Å². The van der Waals surface area contributed by atoms with Crippen molar-refractivity contribution < 1.29 is 9.97 Å². The molecule has 1 amide bonds. The first kappa shape index (κ1) is 15.6. The minimum atomic E-state index is -0.792. The summed E-state index contributed by atoms with van der Waals surface area (Å²) in [5.74, 6) is 4.43. The molecule has 1 unspecified atom stereocenters. The maximum absolute atomic E-state index is 10.9. The third kappa shape index (κ3) is 10.1. The van der Waals surface area contributed by atoms with Gasteiger partial charge in [-0.05, 0) is 6.42 Å². The number of carbonyl (C=O) groups is 1. The van der Waals surface area contributed by atoms with Crippen LogP contribution >= 0.6 is 0 Å². The number of carbonyl (C=O) groups excluding carboxylic acids is 1. The van der Waals surface area contributed by atoms with E-state index in [2.05, 4.69) is 6.92 Å². The highest BCUT2D eigenvalue weighted by Crippen LogP contribution is 2.10. The van der Waals surface area contributed by atoms with Gasteiger partial charge in [-0.25, -0.2) is 9.97 Å². The van der Waals surface area contributed by atoms with Crippen LogP contribution in [0.1, 0.15) is 71.1 Å². The predicted molar refractivity (Wildman–Crippen MR) is 65.4 cm³/mol. The van der Waals surface area contributed by atoms with Gasteiger partial charge in [-0.3, -0.25) is 0 Å². The highest BCUT2D eigenvalue weighted by Gasteiger charge is 2.05. The van der Waals surface area contributed by atoms with Crippen LogP contribution in [0.25, 0.3) is 0 Å². The van der Waals surface area contributed by atoms with Gasteiger partial charge >= 0.3 is 5.91 Å². The molecule has 0 aromatic carbocycles. The number of quaternary nitrogens is 1. The Kier molecular flexibility index (Phi) is 10.7. The molecule has 0 aliphatic rings. The van der Waals surface area contributed by atoms with Crippen molar-refractivity contribution in [2.45, 2.75) is 71.1 Å². The Morgan fingerprint density at radius 3 is 1.88 bits per heavy atom. The summed E-state index contributed by atoms with van der Waals surface area (Å²) in [7, 11) is 0. The average molecular weight is 230 g/mol. The van der Waals surface area contributed by atoms with Crippen LogP contribution in [0.5, 0.6) is 0 Å². The molecule has 4 nitrogen and oxygen atoms in total. The number of hydrogen-bond acceptors (Lipinski definition) is 3. The average Bonchev–Trinajstić information content (AvgIpc) is 2.26. The van der Waals surface area contributed by atoms with Crippen molar-refractivity contribution in [1.82, 2.24) is 0 Å². The molecule has 0 aliphatic carbocycles. The van der Waals surface area contributed by atoms with Crippen LogP contribution in [0.4, 0.5) is 0 Å². The minimum Gasteiger partial charge on any atom is -0.606 e. The molecule has 0 aliphatic heterocycles. The normalized spacial score (nSPS) is 12.7. The largest absolute Gasteiger partial charge is 0.606 e. The second-order valence-corrected chi connectivity index (χ2v) is 4.37. The predicted octanol–water partition coefficient (Wildman–Crippen LogP) is 1.69. The van der Waals surface area contributed by atoms with Gasteiger partial charge in [0.2, 0.25) is 0 Å². The van der Waals surface area contributed by atoms with Crippen LogP contribution < -0.4 is 11.0 Å². The summed E-state index contributed by atoms with van der Waals surface area (Å²) >= 11 is 0. The van der Waals surface area contributed by atoms with Gasteiger partial charge in [0.1, 0.15) is 0 Å². The third-order valence-corrected chi connectivity index (χ3v) is 2.78. The Bertz CT molecular complexity index is 172. The van der Waals surface area contributed by atoms with Crippen molar-refractivity contribution in [3.05, 3.63) is 5.21 Å². The van der Waals surface area contributed by atoms with Gasteiger partial charge in [-0.15, -0.1) is 0 Å². The number of nitrogens with two attached hydrogens (primary N) is 1. The molecular formula is C12H26N2O2. The van der Waals surface area contributed by atoms with E-state index in [-0.39, 0.29) is 0 Å². The number of unbranched alkanes of at least 4 members (excludes halogenated alkanes) is 8. The zero-order valence-corrected chi connectivity index (χ0v) is 10.5. The molecular weight excluding hydrogens is 204 g/mol. The van der Waals surface area contributed by atoms with E-state index in [1.54, 1.807) is 0 Å². The molecule has 0 fully saturated rings. The van der Waals surface area contributed by atoms with Gasteiger partial charge in [0, 0.05) is 0 Å². The van der Waals surface area contributed by atoms with E-state index in [0.717, 1.165) is 19.3 Å². The second kappa shape index (κ2) is 11.0. The van der Waals surface area contributed by atoms with E-state index in [4.69, 9.17) is 5.84 Å². The van der Waals surface area contributed by atoms with Crippen LogP contribution in [0, 0.1) is 5.21 Å². The first-order valence-electron chi connectivity index (χ1n) is 6.51. The Morgan fingerprint density at radius 2 is 1.44 bits per heavy atom. The molecule has 0 spiro atoms. The van der Waals surface area contributed by atoms with Crippen LogP contribution in [-0.2, 0) is 4.79 Å². The zero-order chi connectivity index (χ0) is 12.2. The molecule has 96 valence electrons. The van der Waals surface area contributed by atoms with Crippen LogP contribution in [0.15, 0.2) is 0 Å². The summed E-state index contributed by atoms with van der Waals surface area (Å²) in [6.45, 7) is 2.22. The number of amides is 1. The highest BCUT2D eigenvalue weighted by atomic mass is 16.5. The van der Waals surface area contributed by atoms with Gasteiger partial charge in [0.05, 0.1) is 6.42 Å². The van der Waals surface area contributed by atoms with Crippen molar-refractivity contribution in [3.63, 3.8) is 0 Å². The van der Waals surface area contributed by atoms with E-state index in [9.17, 15) is 10.0 Å². The fourth-order valence-electron chi connectivity index (χ4n) is 1.72. The molecule has 3 N–H and O–H groups in total. The molecule has 0 saturated carbocycles. The summed E-state index contributed by atoms with van der Waals surface area (Å²) in [6, 6.07) is 0. The van der Waals surface area contributed by atoms with Crippen molar-refractivity contribution in [2.24, 2.45) is 5.84 Å². The van der Waals surface area contributed by atoms with Crippen LogP contribution in [-0.4, -0.2) is 5.91 Å². The maximum Gasteiger partial charge on any atom is 0.330 e. The summed E-state index contributed by atoms with van der Waals surface area (Å²) < 4.78 is 0. The van der Waals surface area contributed by atoms with Gasteiger partial charge in [-0.2, -0.15) is 5.84 Å². The third-order valence-electron chi connectivity index (χ3n) is 2.78. The lowest BCUT2D eigenvalue weighted by atomic mass is 10.1. The number of hydroxylamine groups is 1. The van der Waals surface area contributed by atoms with E-state index < -0.39 is 11.1 Å². The van der Waals surface area contributed by atoms with E-state index >= 15 is 0 Å². The molecule has 0 rings (SSSR count). The van der Waals surface area contributed by atoms with E-state index in [0.29, 0.717) is 6.42 Å². The number of rotatable bonds is 10. The summed E-state index contributed by atoms with van der Waals surface area (Å²) in [5.41, 5.74) is 0. The van der Waals surface area contributed by atoms with Gasteiger partial charge in [0.25, 0.3) is 0 Å². The summed E-state index contributed by atoms with van der Waals surface area (Å²) in [6.07, 6.45) is 11.2. The smallest absolute Gasteiger partial charge is 0.330 e. The lowest BCUT2D eigenvalue weighted by Gasteiger charge is -2.11. The molecule has 16 heavy (non-hydrogen) atoms. The minimum absolute atomic E-state index is 0.325. The fraction of sp³-hybridized carbons (Fsp3) is 0.917. The van der Waals surface area contributed by atoms with Gasteiger partial charge in [-0.1, -0.05) is 58.3 Å². The molecule has 0 aromatic rings. The maximum atomic E-state index is 10.9. The Morgan fingerprint density at radius 1 is 1.00 bits per heavy atom. The first-order chi connectivity index (χ1) is 7.68. The molecule has 0 radical (unpaired) electrons. The van der Waals surface area contributed by atoms with Crippen LogP contribution in [0.3, 0.4) is 0 Å². The van der Waals surface area contributed by atoms with Crippen molar-refractivity contribution in [3.8, 4) is 0 Å². The molecule has 1 atom stereocenters. The van der Waals surface area contributed by atoms with Crippen molar-refractivity contribution >= 4 is 5.91 Å². The second-order valence-electron chi connectivity index (χ2n) is 4.37. The zero-order valence-electron chi connectivity index (χ0n) is 10.5. The Hall–Kier alpha value is -0.450. The van der Waals surface area contributed by atoms with Crippen molar-refractivity contribution in [2.75, 3.05) is 0 Å². The molecule has 0 bridgehead atoms. The summed E-state index contributed by atoms with van der Waals surface area (Å²) in [5, 5.41) is 9.65. The molecule has 0 aromatic heterocycles. The van der Waals surface area contributed by atoms with Gasteiger partial charge in [0.15, 0.2) is 0 Å². The Labute approximate surface area is 98.7 Å². The molecule has 0 heterocycles. The number of nitrogens with one attached hydrogen (secondary N) is 1. The van der Waals surface area contributed by atoms with E-state index in [1.165, 1.54) is 38.5 Å². The Balaban J connectivity index is 3.07. The summed E-state index contributed by atoms with van der Waals surface area (Å²) in [4.78, 5) is 10.9. The lowest BCUT2D eigenvalue weighted by molar-refractivity contribution is -0.778. The molecule has 4 heteroatoms. The van der Waals surface area contributed by atoms with Crippen LogP contribution in [0.2, 0.25) is 0 Å². The quantitative estimate of drug-likeness (QED) is 0.260. The van der Waals surface area contributed by atoms with Gasteiger partial charge < -0.3 is 5.21 Å². The lowest BCUT2D eigenvalue weighted by Crippen LogP contribution is -3.15. The fourth-order valence-corrected chi connectivity index (χ4v) is 1.72. The standard InChI is InChI=1S/C12H26N2O2/c1-2-3-4-5-6-7-8-9-10-11-12(15)14(13)16/h14H,2-11,13H2,1H3.